The molecular formula is C17H19BrClNO. The van der Waals surface area contributed by atoms with Gasteiger partial charge in [0.15, 0.2) is 0 Å². The molecule has 2 aromatic carbocycles. The Bertz CT molecular complexity index is 586. The lowest BCUT2D eigenvalue weighted by Gasteiger charge is -2.19. The Morgan fingerprint density at radius 1 is 1.14 bits per heavy atom. The largest absolute Gasteiger partial charge is 0.492 e. The van der Waals surface area contributed by atoms with Gasteiger partial charge in [-0.15, -0.1) is 0 Å². The smallest absolute Gasteiger partial charge is 0.138 e. The summed E-state index contributed by atoms with van der Waals surface area (Å²) in [5.74, 6) is 0.724. The third-order valence-corrected chi connectivity index (χ3v) is 4.08. The van der Waals surface area contributed by atoms with Crippen LogP contribution in [0.15, 0.2) is 46.9 Å². The van der Waals surface area contributed by atoms with Gasteiger partial charge in [0.1, 0.15) is 5.75 Å². The van der Waals surface area contributed by atoms with Gasteiger partial charge in [0.25, 0.3) is 0 Å². The molecule has 0 radical (unpaired) electrons. The van der Waals surface area contributed by atoms with Crippen LogP contribution in [-0.4, -0.2) is 6.61 Å². The Kier molecular flexibility index (Phi) is 5.95. The zero-order valence-electron chi connectivity index (χ0n) is 12.2. The van der Waals surface area contributed by atoms with Crippen LogP contribution >= 0.6 is 27.5 Å². The summed E-state index contributed by atoms with van der Waals surface area (Å²) in [7, 11) is 0. The summed E-state index contributed by atoms with van der Waals surface area (Å²) >= 11 is 9.69. The van der Waals surface area contributed by atoms with Gasteiger partial charge in [-0.25, -0.2) is 0 Å². The fourth-order valence-corrected chi connectivity index (χ4v) is 2.68. The van der Waals surface area contributed by atoms with Crippen LogP contribution in [0.5, 0.6) is 5.75 Å². The molecule has 0 aromatic heterocycles. The summed E-state index contributed by atoms with van der Waals surface area (Å²) in [5, 5.41) is 4.15. The first-order valence-electron chi connectivity index (χ1n) is 7.08. The van der Waals surface area contributed by atoms with Crippen molar-refractivity contribution < 1.29 is 4.74 Å². The van der Waals surface area contributed by atoms with E-state index in [1.54, 1.807) is 0 Å². The van der Waals surface area contributed by atoms with E-state index in [9.17, 15) is 0 Å². The fraction of sp³-hybridized carbons (Fsp3) is 0.294. The minimum Gasteiger partial charge on any atom is -0.492 e. The highest BCUT2D eigenvalue weighted by molar-refractivity contribution is 9.10. The number of hydrogen-bond donors (Lipinski definition) is 1. The highest BCUT2D eigenvalue weighted by Crippen LogP contribution is 2.30. The van der Waals surface area contributed by atoms with Gasteiger partial charge in [-0.05, 0) is 49.2 Å². The van der Waals surface area contributed by atoms with Crippen molar-refractivity contribution in [2.75, 3.05) is 11.9 Å². The topological polar surface area (TPSA) is 21.3 Å². The predicted molar refractivity (Wildman–Crippen MR) is 93.4 cm³/mol. The molecule has 0 fully saturated rings. The molecule has 0 heterocycles. The van der Waals surface area contributed by atoms with E-state index in [0.717, 1.165) is 22.3 Å². The van der Waals surface area contributed by atoms with Crippen molar-refractivity contribution >= 4 is 33.2 Å². The molecule has 0 amide bonds. The van der Waals surface area contributed by atoms with Crippen LogP contribution in [0.1, 0.15) is 31.9 Å². The molecule has 0 spiro atoms. The van der Waals surface area contributed by atoms with E-state index in [2.05, 4.69) is 52.4 Å². The Labute approximate surface area is 139 Å². The van der Waals surface area contributed by atoms with Crippen LogP contribution in [-0.2, 0) is 0 Å². The Balaban J connectivity index is 2.15. The van der Waals surface area contributed by atoms with Crippen molar-refractivity contribution in [3.05, 3.63) is 57.5 Å². The SMILES string of the molecule is CCOc1ccc(NC(CC)c2ccc(Br)cc2)cc1Cl. The number of halogens is 2. The van der Waals surface area contributed by atoms with E-state index in [4.69, 9.17) is 16.3 Å². The van der Waals surface area contributed by atoms with Gasteiger partial charge in [0, 0.05) is 10.2 Å². The third kappa shape index (κ3) is 4.39. The summed E-state index contributed by atoms with van der Waals surface area (Å²) < 4.78 is 6.54. The second kappa shape index (κ2) is 7.71. The van der Waals surface area contributed by atoms with Gasteiger partial charge in [-0.1, -0.05) is 46.6 Å². The third-order valence-electron chi connectivity index (χ3n) is 3.25. The predicted octanol–water partition coefficient (Wildman–Crippen LogP) is 6.06. The van der Waals surface area contributed by atoms with E-state index in [-0.39, 0.29) is 6.04 Å². The Morgan fingerprint density at radius 2 is 1.86 bits per heavy atom. The average molecular weight is 369 g/mol. The normalized spacial score (nSPS) is 12.0. The van der Waals surface area contributed by atoms with Gasteiger partial charge in [0.05, 0.1) is 17.7 Å². The fourth-order valence-electron chi connectivity index (χ4n) is 2.18. The van der Waals surface area contributed by atoms with Crippen LogP contribution < -0.4 is 10.1 Å². The van der Waals surface area contributed by atoms with Gasteiger partial charge < -0.3 is 10.1 Å². The number of benzene rings is 2. The number of hydrogen-bond acceptors (Lipinski definition) is 2. The number of anilines is 1. The molecule has 1 unspecified atom stereocenters. The summed E-state index contributed by atoms with van der Waals surface area (Å²) in [6, 6.07) is 14.4. The first kappa shape index (κ1) is 16.2. The molecule has 0 saturated carbocycles. The van der Waals surface area contributed by atoms with Gasteiger partial charge in [-0.2, -0.15) is 0 Å². The van der Waals surface area contributed by atoms with Crippen molar-refractivity contribution in [2.24, 2.45) is 0 Å². The first-order valence-corrected chi connectivity index (χ1v) is 8.25. The van der Waals surface area contributed by atoms with E-state index < -0.39 is 0 Å². The van der Waals surface area contributed by atoms with Crippen LogP contribution in [0.2, 0.25) is 5.02 Å². The zero-order chi connectivity index (χ0) is 15.2. The molecule has 2 rings (SSSR count). The van der Waals surface area contributed by atoms with Crippen LogP contribution in [0.25, 0.3) is 0 Å². The molecular weight excluding hydrogens is 350 g/mol. The maximum Gasteiger partial charge on any atom is 0.138 e. The molecule has 1 N–H and O–H groups in total. The molecule has 2 aromatic rings. The van der Waals surface area contributed by atoms with Crippen LogP contribution in [0.3, 0.4) is 0 Å². The van der Waals surface area contributed by atoms with Gasteiger partial charge in [-0.3, -0.25) is 0 Å². The number of ether oxygens (including phenoxy) is 1. The molecule has 0 aliphatic carbocycles. The van der Waals surface area contributed by atoms with Crippen LogP contribution in [0, 0.1) is 0 Å². The monoisotopic (exact) mass is 367 g/mol. The standard InChI is InChI=1S/C17H19BrClNO/c1-3-16(12-5-7-13(18)8-6-12)20-14-9-10-17(21-4-2)15(19)11-14/h5-11,16,20H,3-4H2,1-2H3. The molecule has 0 bridgehead atoms. The van der Waals surface area contributed by atoms with Crippen molar-refractivity contribution in [1.82, 2.24) is 0 Å². The molecule has 0 aliphatic rings. The van der Waals surface area contributed by atoms with Crippen molar-refractivity contribution in [1.29, 1.82) is 0 Å². The van der Waals surface area contributed by atoms with E-state index in [1.165, 1.54) is 5.56 Å². The van der Waals surface area contributed by atoms with E-state index >= 15 is 0 Å². The lowest BCUT2D eigenvalue weighted by molar-refractivity contribution is 0.340. The van der Waals surface area contributed by atoms with Crippen molar-refractivity contribution in [3.8, 4) is 5.75 Å². The summed E-state index contributed by atoms with van der Waals surface area (Å²) in [6.45, 7) is 4.72. The molecule has 0 saturated heterocycles. The molecule has 2 nitrogen and oxygen atoms in total. The quantitative estimate of drug-likeness (QED) is 0.668. The lowest BCUT2D eigenvalue weighted by Crippen LogP contribution is -2.09. The minimum absolute atomic E-state index is 0.257. The van der Waals surface area contributed by atoms with Crippen LogP contribution in [0.4, 0.5) is 5.69 Å². The van der Waals surface area contributed by atoms with E-state index in [1.807, 2.05) is 25.1 Å². The van der Waals surface area contributed by atoms with Gasteiger partial charge >= 0.3 is 0 Å². The summed E-state index contributed by atoms with van der Waals surface area (Å²) in [5.41, 5.74) is 2.25. The highest BCUT2D eigenvalue weighted by atomic mass is 79.9. The Morgan fingerprint density at radius 3 is 2.43 bits per heavy atom. The van der Waals surface area contributed by atoms with Crippen molar-refractivity contribution in [3.63, 3.8) is 0 Å². The maximum atomic E-state index is 6.23. The average Bonchev–Trinajstić information content (AvgIpc) is 2.48. The Hall–Kier alpha value is -1.19. The molecule has 0 aliphatic heterocycles. The number of rotatable bonds is 6. The molecule has 1 atom stereocenters. The maximum absolute atomic E-state index is 6.23. The second-order valence-corrected chi connectivity index (χ2v) is 6.06. The van der Waals surface area contributed by atoms with E-state index in [0.29, 0.717) is 11.6 Å². The lowest BCUT2D eigenvalue weighted by atomic mass is 10.0. The van der Waals surface area contributed by atoms with Crippen molar-refractivity contribution in [2.45, 2.75) is 26.3 Å². The molecule has 112 valence electrons. The summed E-state index contributed by atoms with van der Waals surface area (Å²) in [4.78, 5) is 0. The second-order valence-electron chi connectivity index (χ2n) is 4.73. The molecule has 21 heavy (non-hydrogen) atoms. The highest BCUT2D eigenvalue weighted by Gasteiger charge is 2.10. The molecule has 4 heteroatoms. The summed E-state index contributed by atoms with van der Waals surface area (Å²) in [6.07, 6.45) is 0.993. The number of nitrogens with one attached hydrogen (secondary N) is 1. The van der Waals surface area contributed by atoms with Gasteiger partial charge in [0.2, 0.25) is 0 Å². The zero-order valence-corrected chi connectivity index (χ0v) is 14.5. The first-order chi connectivity index (χ1) is 10.1. The minimum atomic E-state index is 0.257.